The summed E-state index contributed by atoms with van der Waals surface area (Å²) in [7, 11) is 1.71. The Labute approximate surface area is 173 Å². The lowest BCUT2D eigenvalue weighted by Crippen LogP contribution is -2.42. The molecule has 6 nitrogen and oxygen atoms in total. The summed E-state index contributed by atoms with van der Waals surface area (Å²) in [4.78, 5) is 16.1. The van der Waals surface area contributed by atoms with Crippen molar-refractivity contribution in [2.24, 2.45) is 4.99 Å². The number of nitrogens with zero attached hydrogens (tertiary/aromatic N) is 1. The molecule has 8 heteroatoms. The van der Waals surface area contributed by atoms with Crippen LogP contribution in [-0.2, 0) is 6.42 Å². The van der Waals surface area contributed by atoms with Crippen molar-refractivity contribution in [1.82, 2.24) is 16.0 Å². The lowest BCUT2D eigenvalue weighted by molar-refractivity contribution is 0.0954. The predicted molar refractivity (Wildman–Crippen MR) is 114 cm³/mol. The summed E-state index contributed by atoms with van der Waals surface area (Å²) in [6, 6.07) is 11.1. The second kappa shape index (κ2) is 11.9. The largest absolute Gasteiger partial charge is 0.469 e. The molecule has 0 aliphatic heterocycles. The van der Waals surface area contributed by atoms with Crippen molar-refractivity contribution in [3.8, 4) is 0 Å². The van der Waals surface area contributed by atoms with Crippen molar-refractivity contribution >= 4 is 51.8 Å². The van der Waals surface area contributed by atoms with Crippen LogP contribution in [0.3, 0.4) is 0 Å². The van der Waals surface area contributed by atoms with Gasteiger partial charge in [-0.05, 0) is 36.4 Å². The highest BCUT2D eigenvalue weighted by molar-refractivity contribution is 14.0. The van der Waals surface area contributed by atoms with E-state index in [1.165, 1.54) is 0 Å². The van der Waals surface area contributed by atoms with E-state index in [0.29, 0.717) is 24.6 Å². The van der Waals surface area contributed by atoms with Gasteiger partial charge in [-0.3, -0.25) is 9.79 Å². The minimum Gasteiger partial charge on any atom is -0.469 e. The summed E-state index contributed by atoms with van der Waals surface area (Å²) >= 11 is 3.35. The van der Waals surface area contributed by atoms with Gasteiger partial charge in [-0.1, -0.05) is 15.9 Å². The molecule has 0 radical (unpaired) electrons. The van der Waals surface area contributed by atoms with Crippen LogP contribution in [0, 0.1) is 0 Å². The molecule has 0 atom stereocenters. The topological polar surface area (TPSA) is 78.7 Å². The first-order valence-corrected chi connectivity index (χ1v) is 8.49. The molecule has 0 aliphatic carbocycles. The van der Waals surface area contributed by atoms with Crippen molar-refractivity contribution in [2.75, 3.05) is 26.7 Å². The molecule has 2 aromatic rings. The Morgan fingerprint density at radius 3 is 2.40 bits per heavy atom. The number of benzene rings is 1. The van der Waals surface area contributed by atoms with Crippen LogP contribution < -0.4 is 16.0 Å². The van der Waals surface area contributed by atoms with E-state index in [2.05, 4.69) is 36.9 Å². The zero-order valence-corrected chi connectivity index (χ0v) is 17.8. The number of halogens is 2. The number of hydrogen-bond acceptors (Lipinski definition) is 3. The van der Waals surface area contributed by atoms with E-state index in [1.54, 1.807) is 25.4 Å². The van der Waals surface area contributed by atoms with Crippen LogP contribution in [-0.4, -0.2) is 38.5 Å². The number of aliphatic imine (C=N–C) groups is 1. The number of rotatable bonds is 7. The predicted octanol–water partition coefficient (Wildman–Crippen LogP) is 2.80. The lowest BCUT2D eigenvalue weighted by atomic mass is 10.2. The third kappa shape index (κ3) is 7.91. The molecule has 0 fully saturated rings. The van der Waals surface area contributed by atoms with Gasteiger partial charge >= 0.3 is 0 Å². The molecule has 0 saturated heterocycles. The molecule has 1 heterocycles. The van der Waals surface area contributed by atoms with Crippen LogP contribution in [0.25, 0.3) is 0 Å². The van der Waals surface area contributed by atoms with Gasteiger partial charge < -0.3 is 20.4 Å². The van der Waals surface area contributed by atoms with E-state index in [0.717, 1.165) is 23.2 Å². The van der Waals surface area contributed by atoms with Crippen molar-refractivity contribution in [2.45, 2.75) is 6.42 Å². The van der Waals surface area contributed by atoms with Gasteiger partial charge in [-0.2, -0.15) is 0 Å². The number of nitrogens with one attached hydrogen (secondary N) is 3. The van der Waals surface area contributed by atoms with Crippen LogP contribution in [0.15, 0.2) is 56.5 Å². The van der Waals surface area contributed by atoms with Crippen molar-refractivity contribution in [3.05, 3.63) is 58.5 Å². The molecule has 1 aromatic heterocycles. The maximum absolute atomic E-state index is 12.0. The highest BCUT2D eigenvalue weighted by atomic mass is 127. The Kier molecular flexibility index (Phi) is 10.2. The average molecular weight is 521 g/mol. The molecule has 2 rings (SSSR count). The third-order valence-electron chi connectivity index (χ3n) is 3.28. The Morgan fingerprint density at radius 2 is 1.76 bits per heavy atom. The summed E-state index contributed by atoms with van der Waals surface area (Å²) in [5.74, 6) is 1.53. The van der Waals surface area contributed by atoms with Crippen molar-refractivity contribution in [3.63, 3.8) is 0 Å². The first-order valence-electron chi connectivity index (χ1n) is 7.69. The summed E-state index contributed by atoms with van der Waals surface area (Å²) in [6.45, 7) is 1.81. The summed E-state index contributed by atoms with van der Waals surface area (Å²) in [5, 5.41) is 9.21. The zero-order chi connectivity index (χ0) is 17.2. The van der Waals surface area contributed by atoms with E-state index in [-0.39, 0.29) is 29.9 Å². The van der Waals surface area contributed by atoms with Gasteiger partial charge in [0.1, 0.15) is 5.76 Å². The molecule has 1 amide bonds. The Bertz CT molecular complexity index is 660. The quantitative estimate of drug-likeness (QED) is 0.227. The molecule has 0 spiro atoms. The molecule has 0 aliphatic rings. The van der Waals surface area contributed by atoms with Crippen LogP contribution in [0.4, 0.5) is 0 Å². The van der Waals surface area contributed by atoms with Crippen LogP contribution in [0.1, 0.15) is 16.1 Å². The monoisotopic (exact) mass is 520 g/mol. The number of carbonyl (C=O) groups excluding carboxylic acids is 1. The zero-order valence-electron chi connectivity index (χ0n) is 13.9. The van der Waals surface area contributed by atoms with Gasteiger partial charge in [0.05, 0.1) is 6.26 Å². The molecule has 136 valence electrons. The number of hydrogen-bond donors (Lipinski definition) is 3. The molecule has 0 unspecified atom stereocenters. The maximum Gasteiger partial charge on any atom is 0.251 e. The second-order valence-corrected chi connectivity index (χ2v) is 5.93. The third-order valence-corrected chi connectivity index (χ3v) is 3.81. The first kappa shape index (κ1) is 21.5. The maximum atomic E-state index is 12.0. The second-order valence-electron chi connectivity index (χ2n) is 5.02. The fraction of sp³-hybridized carbons (Fsp3) is 0.294. The fourth-order valence-corrected chi connectivity index (χ4v) is 2.30. The minimum atomic E-state index is -0.0925. The van der Waals surface area contributed by atoms with Crippen LogP contribution in [0.2, 0.25) is 0 Å². The minimum absolute atomic E-state index is 0. The summed E-state index contributed by atoms with van der Waals surface area (Å²) in [5.41, 5.74) is 0.638. The van der Waals surface area contributed by atoms with Crippen LogP contribution in [0.5, 0.6) is 0 Å². The SMILES string of the molecule is CN=C(NCCNC(=O)c1ccc(Br)cc1)NCCc1ccco1.I. The Morgan fingerprint density at radius 1 is 1.08 bits per heavy atom. The number of carbonyl (C=O) groups is 1. The highest BCUT2D eigenvalue weighted by Gasteiger charge is 2.04. The number of guanidine groups is 1. The molecule has 0 bridgehead atoms. The van der Waals surface area contributed by atoms with Crippen molar-refractivity contribution < 1.29 is 9.21 Å². The molecular formula is C17H22BrIN4O2. The van der Waals surface area contributed by atoms with E-state index in [9.17, 15) is 4.79 Å². The Balaban J connectivity index is 0.00000312. The van der Waals surface area contributed by atoms with E-state index >= 15 is 0 Å². The fourth-order valence-electron chi connectivity index (χ4n) is 2.04. The van der Waals surface area contributed by atoms with Crippen LogP contribution >= 0.6 is 39.9 Å². The number of furan rings is 1. The summed E-state index contributed by atoms with van der Waals surface area (Å²) < 4.78 is 6.22. The highest BCUT2D eigenvalue weighted by Crippen LogP contribution is 2.10. The number of amides is 1. The van der Waals surface area contributed by atoms with E-state index in [4.69, 9.17) is 4.42 Å². The first-order chi connectivity index (χ1) is 11.7. The van der Waals surface area contributed by atoms with Gasteiger partial charge in [-0.15, -0.1) is 24.0 Å². The Hall–Kier alpha value is -1.55. The summed E-state index contributed by atoms with van der Waals surface area (Å²) in [6.07, 6.45) is 2.45. The van der Waals surface area contributed by atoms with E-state index < -0.39 is 0 Å². The van der Waals surface area contributed by atoms with Crippen molar-refractivity contribution in [1.29, 1.82) is 0 Å². The van der Waals surface area contributed by atoms with Gasteiger partial charge in [0, 0.05) is 43.1 Å². The average Bonchev–Trinajstić information content (AvgIpc) is 3.10. The molecule has 0 saturated carbocycles. The molecule has 1 aromatic carbocycles. The molecular weight excluding hydrogens is 499 g/mol. The normalized spacial score (nSPS) is 10.7. The van der Waals surface area contributed by atoms with E-state index in [1.807, 2.05) is 24.3 Å². The molecule has 25 heavy (non-hydrogen) atoms. The molecule has 3 N–H and O–H groups in total. The standard InChI is InChI=1S/C17H21BrN4O2.HI/c1-19-17(21-9-8-15-3-2-12-24-15)22-11-10-20-16(23)13-4-6-14(18)7-5-13;/h2-7,12H,8-11H2,1H3,(H,20,23)(H2,19,21,22);1H. The van der Waals surface area contributed by atoms with Gasteiger partial charge in [0.25, 0.3) is 5.91 Å². The van der Waals surface area contributed by atoms with Gasteiger partial charge in [-0.25, -0.2) is 0 Å². The van der Waals surface area contributed by atoms with Gasteiger partial charge in [0.2, 0.25) is 0 Å². The smallest absolute Gasteiger partial charge is 0.251 e. The van der Waals surface area contributed by atoms with Gasteiger partial charge in [0.15, 0.2) is 5.96 Å². The lowest BCUT2D eigenvalue weighted by Gasteiger charge is -2.12.